The van der Waals surface area contributed by atoms with Crippen LogP contribution < -0.4 is 10.6 Å². The van der Waals surface area contributed by atoms with Crippen molar-refractivity contribution >= 4 is 57.8 Å². The van der Waals surface area contributed by atoms with Crippen LogP contribution in [0.3, 0.4) is 0 Å². The van der Waals surface area contributed by atoms with Gasteiger partial charge in [-0.3, -0.25) is 0 Å². The highest BCUT2D eigenvalue weighted by Crippen LogP contribution is 2.31. The minimum atomic E-state index is 0.396. The van der Waals surface area contributed by atoms with E-state index in [1.807, 2.05) is 0 Å². The van der Waals surface area contributed by atoms with Crippen LogP contribution in [-0.4, -0.2) is 6.67 Å². The molecule has 0 fully saturated rings. The first-order chi connectivity index (χ1) is 9.09. The summed E-state index contributed by atoms with van der Waals surface area (Å²) in [5.74, 6) is 0. The molecule has 0 spiro atoms. The number of halogens is 4. The molecule has 0 aliphatic heterocycles. The van der Waals surface area contributed by atoms with Crippen molar-refractivity contribution in [3.05, 3.63) is 56.5 Å². The Morgan fingerprint density at radius 1 is 0.632 bits per heavy atom. The average Bonchev–Trinajstić information content (AvgIpc) is 2.36. The van der Waals surface area contributed by atoms with E-state index in [9.17, 15) is 0 Å². The second-order valence-corrected chi connectivity index (χ2v) is 5.35. The van der Waals surface area contributed by atoms with E-state index in [0.717, 1.165) is 0 Å². The molecule has 2 nitrogen and oxygen atoms in total. The van der Waals surface area contributed by atoms with Crippen molar-refractivity contribution in [2.75, 3.05) is 17.3 Å². The van der Waals surface area contributed by atoms with Crippen LogP contribution in [0.4, 0.5) is 11.4 Å². The fourth-order valence-electron chi connectivity index (χ4n) is 1.55. The van der Waals surface area contributed by atoms with E-state index >= 15 is 0 Å². The average molecular weight is 336 g/mol. The minimum absolute atomic E-state index is 0.396. The molecule has 100 valence electrons. The number of rotatable bonds is 4. The third-order valence-electron chi connectivity index (χ3n) is 2.46. The van der Waals surface area contributed by atoms with Crippen molar-refractivity contribution in [2.45, 2.75) is 0 Å². The van der Waals surface area contributed by atoms with Crippen LogP contribution >= 0.6 is 46.4 Å². The summed E-state index contributed by atoms with van der Waals surface area (Å²) in [6, 6.07) is 10.6. The van der Waals surface area contributed by atoms with Gasteiger partial charge in [-0.2, -0.15) is 0 Å². The molecule has 2 rings (SSSR count). The first-order valence-electron chi connectivity index (χ1n) is 5.45. The highest BCUT2D eigenvalue weighted by molar-refractivity contribution is 6.39. The van der Waals surface area contributed by atoms with Crippen molar-refractivity contribution in [2.24, 2.45) is 0 Å². The van der Waals surface area contributed by atoms with E-state index in [0.29, 0.717) is 38.1 Å². The Balaban J connectivity index is 2.05. The van der Waals surface area contributed by atoms with Gasteiger partial charge in [0.1, 0.15) is 0 Å². The van der Waals surface area contributed by atoms with Gasteiger partial charge in [-0.05, 0) is 24.3 Å². The van der Waals surface area contributed by atoms with Crippen molar-refractivity contribution in [1.29, 1.82) is 0 Å². The highest BCUT2D eigenvalue weighted by Gasteiger charge is 2.06. The molecule has 0 saturated carbocycles. The Morgan fingerprint density at radius 3 is 1.26 bits per heavy atom. The Hall–Kier alpha value is -0.800. The molecule has 2 N–H and O–H groups in total. The van der Waals surface area contributed by atoms with E-state index in [4.69, 9.17) is 46.4 Å². The Morgan fingerprint density at radius 2 is 0.947 bits per heavy atom. The van der Waals surface area contributed by atoms with Crippen LogP contribution in [-0.2, 0) is 0 Å². The lowest BCUT2D eigenvalue weighted by Gasteiger charge is -2.14. The zero-order valence-corrected chi connectivity index (χ0v) is 12.7. The van der Waals surface area contributed by atoms with Gasteiger partial charge < -0.3 is 10.6 Å². The molecular weight excluding hydrogens is 326 g/mol. The number of nitrogens with one attached hydrogen (secondary N) is 2. The predicted molar refractivity (Wildman–Crippen MR) is 85.0 cm³/mol. The fraction of sp³-hybridized carbons (Fsp3) is 0.0769. The molecule has 0 saturated heterocycles. The van der Waals surface area contributed by atoms with Gasteiger partial charge in [0.25, 0.3) is 0 Å². The number of hydrogen-bond donors (Lipinski definition) is 2. The second kappa shape index (κ2) is 6.58. The number of anilines is 2. The maximum atomic E-state index is 6.05. The number of para-hydroxylation sites is 2. The smallest absolute Gasteiger partial charge is 0.0851 e. The van der Waals surface area contributed by atoms with Crippen molar-refractivity contribution in [3.8, 4) is 0 Å². The SMILES string of the molecule is Clc1cccc(Cl)c1NCNc1c(Cl)cccc1Cl. The standard InChI is InChI=1S/C13H10Cl4N2/c14-8-3-1-4-9(15)12(8)18-7-19-13-10(16)5-2-6-11(13)17/h1-6,18-19H,7H2. The summed E-state index contributed by atoms with van der Waals surface area (Å²) in [4.78, 5) is 0. The molecule has 0 amide bonds. The first-order valence-corrected chi connectivity index (χ1v) is 6.96. The molecular formula is C13H10Cl4N2. The molecule has 0 aromatic heterocycles. The summed E-state index contributed by atoms with van der Waals surface area (Å²) in [6.45, 7) is 0.396. The molecule has 2 aromatic rings. The maximum Gasteiger partial charge on any atom is 0.0851 e. The van der Waals surface area contributed by atoms with Crippen LogP contribution in [0.5, 0.6) is 0 Å². The third kappa shape index (κ3) is 3.61. The second-order valence-electron chi connectivity index (χ2n) is 3.72. The maximum absolute atomic E-state index is 6.05. The normalized spacial score (nSPS) is 10.3. The quantitative estimate of drug-likeness (QED) is 0.692. The molecule has 0 unspecified atom stereocenters. The van der Waals surface area contributed by atoms with Crippen LogP contribution in [0.1, 0.15) is 0 Å². The largest absolute Gasteiger partial charge is 0.366 e. The van der Waals surface area contributed by atoms with Gasteiger partial charge in [-0.25, -0.2) is 0 Å². The van der Waals surface area contributed by atoms with Gasteiger partial charge in [0.2, 0.25) is 0 Å². The number of hydrogen-bond acceptors (Lipinski definition) is 2. The minimum Gasteiger partial charge on any atom is -0.366 e. The summed E-state index contributed by atoms with van der Waals surface area (Å²) < 4.78 is 0. The molecule has 0 radical (unpaired) electrons. The van der Waals surface area contributed by atoms with Crippen LogP contribution in [0.2, 0.25) is 20.1 Å². The van der Waals surface area contributed by atoms with Gasteiger partial charge in [0.15, 0.2) is 0 Å². The molecule has 6 heteroatoms. The van der Waals surface area contributed by atoms with Crippen molar-refractivity contribution in [1.82, 2.24) is 0 Å². The van der Waals surface area contributed by atoms with E-state index in [2.05, 4.69) is 10.6 Å². The zero-order valence-electron chi connectivity index (χ0n) is 9.68. The van der Waals surface area contributed by atoms with Gasteiger partial charge in [0.05, 0.1) is 38.1 Å². The molecule has 0 atom stereocenters. The van der Waals surface area contributed by atoms with Crippen LogP contribution in [0.15, 0.2) is 36.4 Å². The molecule has 0 bridgehead atoms. The Labute approximate surface area is 131 Å². The van der Waals surface area contributed by atoms with Crippen molar-refractivity contribution < 1.29 is 0 Å². The van der Waals surface area contributed by atoms with Gasteiger partial charge >= 0.3 is 0 Å². The lowest BCUT2D eigenvalue weighted by atomic mass is 10.3. The molecule has 0 aliphatic rings. The molecule has 19 heavy (non-hydrogen) atoms. The summed E-state index contributed by atoms with van der Waals surface area (Å²) in [6.07, 6.45) is 0. The van der Waals surface area contributed by atoms with E-state index in [1.54, 1.807) is 36.4 Å². The van der Waals surface area contributed by atoms with Crippen molar-refractivity contribution in [3.63, 3.8) is 0 Å². The zero-order chi connectivity index (χ0) is 13.8. The summed E-state index contributed by atoms with van der Waals surface area (Å²) >= 11 is 24.2. The lowest BCUT2D eigenvalue weighted by Crippen LogP contribution is -2.12. The summed E-state index contributed by atoms with van der Waals surface area (Å²) in [7, 11) is 0. The van der Waals surface area contributed by atoms with E-state index in [1.165, 1.54) is 0 Å². The van der Waals surface area contributed by atoms with Crippen LogP contribution in [0.25, 0.3) is 0 Å². The Kier molecular flexibility index (Phi) is 5.06. The van der Waals surface area contributed by atoms with Gasteiger partial charge in [-0.1, -0.05) is 58.5 Å². The Bertz CT molecular complexity index is 495. The van der Waals surface area contributed by atoms with Crippen LogP contribution in [0, 0.1) is 0 Å². The third-order valence-corrected chi connectivity index (χ3v) is 3.72. The first kappa shape index (κ1) is 14.6. The summed E-state index contributed by atoms with van der Waals surface area (Å²) in [5, 5.41) is 8.40. The monoisotopic (exact) mass is 334 g/mol. The highest BCUT2D eigenvalue weighted by atomic mass is 35.5. The van der Waals surface area contributed by atoms with E-state index in [-0.39, 0.29) is 0 Å². The topological polar surface area (TPSA) is 24.1 Å². The van der Waals surface area contributed by atoms with Gasteiger partial charge in [-0.15, -0.1) is 0 Å². The lowest BCUT2D eigenvalue weighted by molar-refractivity contribution is 1.22. The summed E-state index contributed by atoms with van der Waals surface area (Å²) in [5.41, 5.74) is 1.34. The van der Waals surface area contributed by atoms with Gasteiger partial charge in [0, 0.05) is 0 Å². The fourth-order valence-corrected chi connectivity index (χ4v) is 2.62. The number of benzene rings is 2. The molecule has 0 heterocycles. The van der Waals surface area contributed by atoms with E-state index < -0.39 is 0 Å². The molecule has 0 aliphatic carbocycles. The molecule has 2 aromatic carbocycles. The predicted octanol–water partition coefficient (Wildman–Crippen LogP) is 5.78.